The molecule has 1 aliphatic rings. The SMILES string of the molecule is CCC(C)N1CC(C(=O)NCCc2ccc(OC)c(OC)c2)CC1=O. The van der Waals surface area contributed by atoms with Gasteiger partial charge < -0.3 is 19.7 Å². The lowest BCUT2D eigenvalue weighted by Crippen LogP contribution is -2.37. The van der Waals surface area contributed by atoms with Crippen LogP contribution in [0.1, 0.15) is 32.3 Å². The Balaban J connectivity index is 1.84. The average Bonchev–Trinajstić information content (AvgIpc) is 3.02. The monoisotopic (exact) mass is 348 g/mol. The number of methoxy groups -OCH3 is 2. The van der Waals surface area contributed by atoms with E-state index in [1.165, 1.54) is 0 Å². The highest BCUT2D eigenvalue weighted by Gasteiger charge is 2.35. The highest BCUT2D eigenvalue weighted by molar-refractivity contribution is 5.89. The highest BCUT2D eigenvalue weighted by atomic mass is 16.5. The molecule has 0 radical (unpaired) electrons. The van der Waals surface area contributed by atoms with E-state index in [2.05, 4.69) is 12.2 Å². The van der Waals surface area contributed by atoms with Gasteiger partial charge in [0.05, 0.1) is 20.1 Å². The Morgan fingerprint density at radius 3 is 2.68 bits per heavy atom. The second-order valence-electron chi connectivity index (χ2n) is 6.43. The maximum atomic E-state index is 12.3. The Labute approximate surface area is 149 Å². The molecule has 138 valence electrons. The van der Waals surface area contributed by atoms with Crippen LogP contribution in [0, 0.1) is 5.92 Å². The van der Waals surface area contributed by atoms with Crippen molar-refractivity contribution < 1.29 is 19.1 Å². The number of likely N-dealkylation sites (tertiary alicyclic amines) is 1. The fraction of sp³-hybridized carbons (Fsp3) is 0.579. The minimum absolute atomic E-state index is 0.0420. The molecule has 0 spiro atoms. The van der Waals surface area contributed by atoms with E-state index in [1.807, 2.05) is 30.0 Å². The molecule has 2 atom stereocenters. The number of carbonyl (C=O) groups is 2. The van der Waals surface area contributed by atoms with Gasteiger partial charge in [0.25, 0.3) is 0 Å². The van der Waals surface area contributed by atoms with Gasteiger partial charge in [0.15, 0.2) is 11.5 Å². The Hall–Kier alpha value is -2.24. The van der Waals surface area contributed by atoms with Crippen molar-refractivity contribution in [1.29, 1.82) is 0 Å². The molecule has 6 heteroatoms. The number of hydrogen-bond donors (Lipinski definition) is 1. The van der Waals surface area contributed by atoms with Crippen LogP contribution in [0.2, 0.25) is 0 Å². The third-order valence-electron chi connectivity index (χ3n) is 4.81. The van der Waals surface area contributed by atoms with E-state index in [-0.39, 0.29) is 23.8 Å². The molecule has 0 aliphatic carbocycles. The summed E-state index contributed by atoms with van der Waals surface area (Å²) in [6.07, 6.45) is 1.91. The van der Waals surface area contributed by atoms with Gasteiger partial charge in [-0.25, -0.2) is 0 Å². The fourth-order valence-electron chi connectivity index (χ4n) is 3.06. The predicted octanol–water partition coefficient (Wildman–Crippen LogP) is 2.01. The van der Waals surface area contributed by atoms with Crippen LogP contribution >= 0.6 is 0 Å². The molecule has 0 aromatic heterocycles. The van der Waals surface area contributed by atoms with Gasteiger partial charge in [0, 0.05) is 25.6 Å². The van der Waals surface area contributed by atoms with Gasteiger partial charge in [-0.2, -0.15) is 0 Å². The van der Waals surface area contributed by atoms with Crippen molar-refractivity contribution in [3.05, 3.63) is 23.8 Å². The number of rotatable bonds is 8. The molecule has 1 saturated heterocycles. The van der Waals surface area contributed by atoms with E-state index >= 15 is 0 Å². The van der Waals surface area contributed by atoms with E-state index < -0.39 is 0 Å². The predicted molar refractivity (Wildman–Crippen MR) is 95.8 cm³/mol. The number of nitrogens with one attached hydrogen (secondary N) is 1. The molecular weight excluding hydrogens is 320 g/mol. The summed E-state index contributed by atoms with van der Waals surface area (Å²) < 4.78 is 10.5. The lowest BCUT2D eigenvalue weighted by Gasteiger charge is -2.23. The molecule has 2 amide bonds. The quantitative estimate of drug-likeness (QED) is 0.780. The molecule has 0 bridgehead atoms. The van der Waals surface area contributed by atoms with Crippen molar-refractivity contribution in [2.75, 3.05) is 27.3 Å². The number of nitrogens with zero attached hydrogens (tertiary/aromatic N) is 1. The van der Waals surface area contributed by atoms with Crippen LogP contribution in [0.25, 0.3) is 0 Å². The van der Waals surface area contributed by atoms with Crippen molar-refractivity contribution in [3.8, 4) is 11.5 Å². The molecule has 0 saturated carbocycles. The second kappa shape index (κ2) is 8.74. The fourth-order valence-corrected chi connectivity index (χ4v) is 3.06. The standard InChI is InChI=1S/C19H28N2O4/c1-5-13(2)21-12-15(11-18(21)22)19(23)20-9-8-14-6-7-16(24-3)17(10-14)25-4/h6-7,10,13,15H,5,8-9,11-12H2,1-4H3,(H,20,23). The number of hydrogen-bond acceptors (Lipinski definition) is 4. The van der Waals surface area contributed by atoms with Gasteiger partial charge in [-0.1, -0.05) is 13.0 Å². The van der Waals surface area contributed by atoms with Crippen molar-refractivity contribution in [2.45, 2.75) is 39.2 Å². The summed E-state index contributed by atoms with van der Waals surface area (Å²) >= 11 is 0. The summed E-state index contributed by atoms with van der Waals surface area (Å²) in [7, 11) is 3.20. The van der Waals surface area contributed by atoms with Crippen LogP contribution in [0.15, 0.2) is 18.2 Å². The number of ether oxygens (including phenoxy) is 2. The van der Waals surface area contributed by atoms with Gasteiger partial charge in [-0.3, -0.25) is 9.59 Å². The number of carbonyl (C=O) groups excluding carboxylic acids is 2. The van der Waals surface area contributed by atoms with Gasteiger partial charge in [0.1, 0.15) is 0 Å². The Bertz CT molecular complexity index is 617. The molecule has 1 aromatic rings. The minimum atomic E-state index is -0.244. The minimum Gasteiger partial charge on any atom is -0.493 e. The summed E-state index contributed by atoms with van der Waals surface area (Å²) in [5, 5.41) is 2.95. The molecule has 25 heavy (non-hydrogen) atoms. The smallest absolute Gasteiger partial charge is 0.225 e. The van der Waals surface area contributed by atoms with Crippen molar-refractivity contribution in [2.24, 2.45) is 5.92 Å². The van der Waals surface area contributed by atoms with Gasteiger partial charge in [-0.15, -0.1) is 0 Å². The van der Waals surface area contributed by atoms with E-state index in [1.54, 1.807) is 14.2 Å². The Morgan fingerprint density at radius 1 is 1.32 bits per heavy atom. The zero-order valence-corrected chi connectivity index (χ0v) is 15.5. The number of benzene rings is 1. The van der Waals surface area contributed by atoms with Crippen LogP contribution < -0.4 is 14.8 Å². The summed E-state index contributed by atoms with van der Waals surface area (Å²) in [6.45, 7) is 5.13. The Kier molecular flexibility index (Phi) is 6.67. The maximum Gasteiger partial charge on any atom is 0.225 e. The second-order valence-corrected chi connectivity index (χ2v) is 6.43. The van der Waals surface area contributed by atoms with E-state index in [0.717, 1.165) is 12.0 Å². The van der Waals surface area contributed by atoms with Crippen LogP contribution in [0.3, 0.4) is 0 Å². The normalized spacial score (nSPS) is 18.2. The third-order valence-corrected chi connectivity index (χ3v) is 4.81. The molecule has 1 heterocycles. The molecule has 1 N–H and O–H groups in total. The van der Waals surface area contributed by atoms with Crippen LogP contribution in [0.4, 0.5) is 0 Å². The molecule has 1 aromatic carbocycles. The summed E-state index contributed by atoms with van der Waals surface area (Å²) in [5.41, 5.74) is 1.06. The van der Waals surface area contributed by atoms with Crippen LogP contribution in [-0.4, -0.2) is 50.1 Å². The third kappa shape index (κ3) is 4.65. The first kappa shape index (κ1) is 19.1. The zero-order chi connectivity index (χ0) is 18.4. The lowest BCUT2D eigenvalue weighted by molar-refractivity contribution is -0.130. The molecule has 2 unspecified atom stereocenters. The van der Waals surface area contributed by atoms with Crippen molar-refractivity contribution in [3.63, 3.8) is 0 Å². The topological polar surface area (TPSA) is 67.9 Å². The van der Waals surface area contributed by atoms with Gasteiger partial charge >= 0.3 is 0 Å². The molecule has 2 rings (SSSR count). The van der Waals surface area contributed by atoms with Crippen LogP contribution in [0.5, 0.6) is 11.5 Å². The van der Waals surface area contributed by atoms with Gasteiger partial charge in [0.2, 0.25) is 11.8 Å². The maximum absolute atomic E-state index is 12.3. The summed E-state index contributed by atoms with van der Waals surface area (Å²) in [4.78, 5) is 26.2. The first-order chi connectivity index (χ1) is 12.0. The van der Waals surface area contributed by atoms with Gasteiger partial charge in [-0.05, 0) is 37.5 Å². The number of amides is 2. The first-order valence-electron chi connectivity index (χ1n) is 8.78. The first-order valence-corrected chi connectivity index (χ1v) is 8.78. The largest absolute Gasteiger partial charge is 0.493 e. The lowest BCUT2D eigenvalue weighted by atomic mass is 10.1. The molecule has 1 aliphatic heterocycles. The molecule has 6 nitrogen and oxygen atoms in total. The van der Waals surface area contributed by atoms with Crippen LogP contribution in [-0.2, 0) is 16.0 Å². The Morgan fingerprint density at radius 2 is 2.04 bits per heavy atom. The van der Waals surface area contributed by atoms with Crippen molar-refractivity contribution >= 4 is 11.8 Å². The zero-order valence-electron chi connectivity index (χ0n) is 15.5. The van der Waals surface area contributed by atoms with Crippen molar-refractivity contribution in [1.82, 2.24) is 10.2 Å². The average molecular weight is 348 g/mol. The highest BCUT2D eigenvalue weighted by Crippen LogP contribution is 2.27. The summed E-state index contributed by atoms with van der Waals surface area (Å²) in [6, 6.07) is 5.92. The molecule has 1 fully saturated rings. The summed E-state index contributed by atoms with van der Waals surface area (Å²) in [5.74, 6) is 1.16. The van der Waals surface area contributed by atoms with E-state index in [0.29, 0.717) is 37.4 Å². The molecular formula is C19H28N2O4. The van der Waals surface area contributed by atoms with E-state index in [9.17, 15) is 9.59 Å². The van der Waals surface area contributed by atoms with E-state index in [4.69, 9.17) is 9.47 Å².